The van der Waals surface area contributed by atoms with Gasteiger partial charge in [-0.05, 0) is 76.5 Å². The molecule has 1 atom stereocenters. The Labute approximate surface area is 187 Å². The Morgan fingerprint density at radius 1 is 1.06 bits per heavy atom. The Hall–Kier alpha value is -2.78. The number of fused-ring (bicyclic) bond motifs is 1. The van der Waals surface area contributed by atoms with Crippen LogP contribution in [0.25, 0.3) is 0 Å². The minimum absolute atomic E-state index is 0.103. The lowest BCUT2D eigenvalue weighted by Crippen LogP contribution is -2.54. The highest BCUT2D eigenvalue weighted by Crippen LogP contribution is 2.30. The van der Waals surface area contributed by atoms with Crippen LogP contribution in [0.5, 0.6) is 5.75 Å². The van der Waals surface area contributed by atoms with Crippen molar-refractivity contribution >= 4 is 23.6 Å². The molecule has 0 saturated carbocycles. The number of piperidine rings is 2. The molecule has 4 rings (SSSR count). The van der Waals surface area contributed by atoms with Gasteiger partial charge in [-0.25, -0.2) is 0 Å². The van der Waals surface area contributed by atoms with Gasteiger partial charge in [0.1, 0.15) is 11.8 Å². The molecule has 0 aromatic heterocycles. The van der Waals surface area contributed by atoms with Crippen LogP contribution in [0.4, 0.5) is 0 Å². The Kier molecular flexibility index (Phi) is 6.86. The van der Waals surface area contributed by atoms with E-state index in [4.69, 9.17) is 4.74 Å². The zero-order chi connectivity index (χ0) is 22.7. The van der Waals surface area contributed by atoms with Gasteiger partial charge in [-0.3, -0.25) is 29.4 Å². The van der Waals surface area contributed by atoms with E-state index in [1.54, 1.807) is 18.2 Å². The van der Waals surface area contributed by atoms with Crippen molar-refractivity contribution in [1.29, 1.82) is 0 Å². The molecule has 3 heterocycles. The van der Waals surface area contributed by atoms with Gasteiger partial charge in [0.15, 0.2) is 0 Å². The molecule has 0 spiro atoms. The summed E-state index contributed by atoms with van der Waals surface area (Å²) in [6.45, 7) is 4.79. The van der Waals surface area contributed by atoms with Crippen LogP contribution in [-0.4, -0.2) is 79.3 Å². The van der Waals surface area contributed by atoms with Gasteiger partial charge in [0, 0.05) is 13.0 Å². The fourth-order valence-corrected chi connectivity index (χ4v) is 4.72. The number of hydrogen-bond donors (Lipinski definition) is 2. The van der Waals surface area contributed by atoms with Gasteiger partial charge in [-0.2, -0.15) is 0 Å². The SMILES string of the molecule is CNCC1CCN(CCCOc2ccc3c(c2)C(=O)N(C2CCC(=O)NC2=O)C3=O)CC1. The lowest BCUT2D eigenvalue weighted by Gasteiger charge is -2.31. The van der Waals surface area contributed by atoms with Crippen LogP contribution in [0.15, 0.2) is 18.2 Å². The molecular formula is C23H30N4O5. The number of likely N-dealkylation sites (tertiary alicyclic amines) is 1. The van der Waals surface area contributed by atoms with Crippen LogP contribution in [-0.2, 0) is 9.59 Å². The van der Waals surface area contributed by atoms with Gasteiger partial charge in [0.2, 0.25) is 11.8 Å². The highest BCUT2D eigenvalue weighted by atomic mass is 16.5. The van der Waals surface area contributed by atoms with Crippen LogP contribution in [0.2, 0.25) is 0 Å². The van der Waals surface area contributed by atoms with E-state index < -0.39 is 23.8 Å². The molecule has 1 aromatic carbocycles. The summed E-state index contributed by atoms with van der Waals surface area (Å²) in [5.74, 6) is -0.730. The number of carbonyl (C=O) groups excluding carboxylic acids is 4. The minimum Gasteiger partial charge on any atom is -0.494 e. The van der Waals surface area contributed by atoms with Crippen LogP contribution >= 0.6 is 0 Å². The second-order valence-electron chi connectivity index (χ2n) is 8.70. The third-order valence-electron chi connectivity index (χ3n) is 6.50. The first-order valence-corrected chi connectivity index (χ1v) is 11.3. The summed E-state index contributed by atoms with van der Waals surface area (Å²) in [5.41, 5.74) is 0.500. The fourth-order valence-electron chi connectivity index (χ4n) is 4.72. The van der Waals surface area contributed by atoms with E-state index in [0.717, 1.165) is 43.4 Å². The van der Waals surface area contributed by atoms with E-state index in [1.807, 2.05) is 7.05 Å². The van der Waals surface area contributed by atoms with E-state index in [9.17, 15) is 19.2 Å². The Morgan fingerprint density at radius 2 is 1.81 bits per heavy atom. The molecule has 32 heavy (non-hydrogen) atoms. The quantitative estimate of drug-likeness (QED) is 0.453. The molecule has 3 aliphatic rings. The van der Waals surface area contributed by atoms with Gasteiger partial charge in [-0.15, -0.1) is 0 Å². The Balaban J connectivity index is 1.29. The topological polar surface area (TPSA) is 108 Å². The van der Waals surface area contributed by atoms with Crippen LogP contribution in [0.1, 0.15) is 52.8 Å². The van der Waals surface area contributed by atoms with Crippen molar-refractivity contribution in [2.24, 2.45) is 5.92 Å². The third kappa shape index (κ3) is 4.68. The number of nitrogens with zero attached hydrogens (tertiary/aromatic N) is 2. The molecule has 3 aliphatic heterocycles. The summed E-state index contributed by atoms with van der Waals surface area (Å²) in [5, 5.41) is 5.45. The summed E-state index contributed by atoms with van der Waals surface area (Å²) in [4.78, 5) is 52.6. The molecule has 2 fully saturated rings. The van der Waals surface area contributed by atoms with Gasteiger partial charge in [-0.1, -0.05) is 0 Å². The number of ether oxygens (including phenoxy) is 1. The third-order valence-corrected chi connectivity index (χ3v) is 6.50. The van der Waals surface area contributed by atoms with Crippen LogP contribution in [0, 0.1) is 5.92 Å². The first-order valence-electron chi connectivity index (χ1n) is 11.3. The highest BCUT2D eigenvalue weighted by Gasteiger charge is 2.44. The van der Waals surface area contributed by atoms with E-state index >= 15 is 0 Å². The predicted molar refractivity (Wildman–Crippen MR) is 116 cm³/mol. The average molecular weight is 443 g/mol. The van der Waals surface area contributed by atoms with Crippen molar-refractivity contribution in [2.75, 3.05) is 39.8 Å². The maximum atomic E-state index is 12.9. The number of amides is 4. The molecule has 0 bridgehead atoms. The molecule has 172 valence electrons. The molecule has 1 aromatic rings. The van der Waals surface area contributed by atoms with E-state index in [0.29, 0.717) is 12.4 Å². The van der Waals surface area contributed by atoms with Gasteiger partial charge in [0.05, 0.1) is 17.7 Å². The standard InChI is InChI=1S/C23H30N4O5/c1-24-14-15-7-10-26(11-8-15)9-2-12-32-16-3-4-17-18(13-16)23(31)27(22(17)30)19-5-6-20(28)25-21(19)29/h3-4,13,15,19,24H,2,5-12,14H2,1H3,(H,25,28,29). The number of imide groups is 2. The maximum Gasteiger partial charge on any atom is 0.262 e. The zero-order valence-corrected chi connectivity index (χ0v) is 18.4. The summed E-state index contributed by atoms with van der Waals surface area (Å²) in [6.07, 6.45) is 3.55. The van der Waals surface area contributed by atoms with Crippen molar-refractivity contribution in [3.05, 3.63) is 29.3 Å². The number of carbonyl (C=O) groups is 4. The normalized spacial score (nSPS) is 22.3. The van der Waals surface area contributed by atoms with E-state index in [-0.39, 0.29) is 29.9 Å². The summed E-state index contributed by atoms with van der Waals surface area (Å²) in [6, 6.07) is 3.87. The summed E-state index contributed by atoms with van der Waals surface area (Å²) < 4.78 is 5.84. The van der Waals surface area contributed by atoms with Gasteiger partial charge in [0.25, 0.3) is 11.8 Å². The first kappa shape index (κ1) is 22.4. The van der Waals surface area contributed by atoms with E-state index in [2.05, 4.69) is 15.5 Å². The number of hydrogen-bond acceptors (Lipinski definition) is 7. The predicted octanol–water partition coefficient (Wildman–Crippen LogP) is 0.788. The molecule has 0 aliphatic carbocycles. The average Bonchev–Trinajstić information content (AvgIpc) is 3.02. The van der Waals surface area contributed by atoms with Gasteiger partial charge >= 0.3 is 0 Å². The molecule has 0 radical (unpaired) electrons. The number of benzene rings is 1. The lowest BCUT2D eigenvalue weighted by molar-refractivity contribution is -0.136. The summed E-state index contributed by atoms with van der Waals surface area (Å²) >= 11 is 0. The van der Waals surface area contributed by atoms with E-state index in [1.165, 1.54) is 12.8 Å². The second kappa shape index (κ2) is 9.79. The first-order chi connectivity index (χ1) is 15.5. The van der Waals surface area contributed by atoms with Crippen molar-refractivity contribution in [3.63, 3.8) is 0 Å². The minimum atomic E-state index is -0.957. The maximum absolute atomic E-state index is 12.9. The smallest absolute Gasteiger partial charge is 0.262 e. The largest absolute Gasteiger partial charge is 0.494 e. The van der Waals surface area contributed by atoms with Crippen molar-refractivity contribution in [3.8, 4) is 5.75 Å². The molecule has 9 heteroatoms. The monoisotopic (exact) mass is 442 g/mol. The number of rotatable bonds is 8. The van der Waals surface area contributed by atoms with Crippen LogP contribution in [0.3, 0.4) is 0 Å². The molecule has 2 saturated heterocycles. The zero-order valence-electron chi connectivity index (χ0n) is 18.4. The molecule has 9 nitrogen and oxygen atoms in total. The molecular weight excluding hydrogens is 412 g/mol. The van der Waals surface area contributed by atoms with Crippen molar-refractivity contribution in [1.82, 2.24) is 20.4 Å². The highest BCUT2D eigenvalue weighted by molar-refractivity contribution is 6.23. The fraction of sp³-hybridized carbons (Fsp3) is 0.565. The van der Waals surface area contributed by atoms with Crippen molar-refractivity contribution < 1.29 is 23.9 Å². The Bertz CT molecular complexity index is 910. The van der Waals surface area contributed by atoms with Gasteiger partial charge < -0.3 is 15.0 Å². The second-order valence-corrected chi connectivity index (χ2v) is 8.70. The molecule has 2 N–H and O–H groups in total. The number of nitrogens with one attached hydrogen (secondary N) is 2. The van der Waals surface area contributed by atoms with Crippen molar-refractivity contribution in [2.45, 2.75) is 38.1 Å². The van der Waals surface area contributed by atoms with Crippen LogP contribution < -0.4 is 15.4 Å². The summed E-state index contributed by atoms with van der Waals surface area (Å²) in [7, 11) is 2.00. The Morgan fingerprint density at radius 3 is 2.53 bits per heavy atom. The lowest BCUT2D eigenvalue weighted by atomic mass is 9.97. The molecule has 4 amide bonds. The molecule has 1 unspecified atom stereocenters.